The highest BCUT2D eigenvalue weighted by Crippen LogP contribution is 2.38. The third kappa shape index (κ3) is 3.94. The maximum Gasteiger partial charge on any atom is 0.0558 e. The van der Waals surface area contributed by atoms with Gasteiger partial charge in [-0.3, -0.25) is 4.90 Å². The van der Waals surface area contributed by atoms with Crippen LogP contribution in [0, 0.1) is 5.41 Å². The molecule has 1 saturated carbocycles. The molecule has 0 bridgehead atoms. The molecule has 2 nitrogen and oxygen atoms in total. The Labute approximate surface area is 106 Å². The van der Waals surface area contributed by atoms with Crippen molar-refractivity contribution in [2.24, 2.45) is 5.41 Å². The van der Waals surface area contributed by atoms with Gasteiger partial charge in [-0.25, -0.2) is 0 Å². The molecule has 1 aliphatic carbocycles. The lowest BCUT2D eigenvalue weighted by Gasteiger charge is -2.41. The fourth-order valence-corrected chi connectivity index (χ4v) is 3.16. The molecule has 0 heterocycles. The second kappa shape index (κ2) is 6.87. The average molecular weight is 245 g/mol. The number of hydrogen-bond donors (Lipinski definition) is 2. The molecule has 1 rings (SSSR count). The van der Waals surface area contributed by atoms with E-state index in [4.69, 9.17) is 5.11 Å². The summed E-state index contributed by atoms with van der Waals surface area (Å²) < 4.78 is 0. The van der Waals surface area contributed by atoms with E-state index in [0.717, 1.165) is 18.8 Å². The average Bonchev–Trinajstić information content (AvgIpc) is 2.29. The Morgan fingerprint density at radius 2 is 1.88 bits per heavy atom. The Morgan fingerprint density at radius 1 is 1.25 bits per heavy atom. The van der Waals surface area contributed by atoms with Crippen LogP contribution in [0.5, 0.6) is 0 Å². The first-order chi connectivity index (χ1) is 7.63. The van der Waals surface area contributed by atoms with Crippen molar-refractivity contribution < 1.29 is 5.11 Å². The third-order valence-electron chi connectivity index (χ3n) is 3.91. The monoisotopic (exact) mass is 245 g/mol. The molecule has 0 saturated heterocycles. The Balaban J connectivity index is 2.57. The molecule has 0 spiro atoms. The molecule has 0 atom stereocenters. The Bertz CT molecular complexity index is 190. The van der Waals surface area contributed by atoms with Crippen molar-refractivity contribution in [2.45, 2.75) is 52.0 Å². The first-order valence-electron chi connectivity index (χ1n) is 6.59. The first-order valence-corrected chi connectivity index (χ1v) is 7.22. The molecular weight excluding hydrogens is 218 g/mol. The number of rotatable bonds is 6. The van der Waals surface area contributed by atoms with Gasteiger partial charge in [0.15, 0.2) is 0 Å². The molecule has 0 aromatic heterocycles. The number of aliphatic hydroxyl groups is 1. The van der Waals surface area contributed by atoms with Crippen LogP contribution in [-0.2, 0) is 0 Å². The minimum Gasteiger partial charge on any atom is -0.395 e. The summed E-state index contributed by atoms with van der Waals surface area (Å²) >= 11 is 4.57. The highest BCUT2D eigenvalue weighted by molar-refractivity contribution is 7.80. The summed E-state index contributed by atoms with van der Waals surface area (Å²) in [6, 6.07) is 0.519. The molecule has 3 heteroatoms. The van der Waals surface area contributed by atoms with E-state index in [1.807, 2.05) is 0 Å². The molecule has 1 aliphatic rings. The molecule has 0 aliphatic heterocycles. The fraction of sp³-hybridized carbons (Fsp3) is 1.00. The van der Waals surface area contributed by atoms with E-state index in [-0.39, 0.29) is 6.61 Å². The zero-order chi connectivity index (χ0) is 12.0. The number of thiol groups is 1. The minimum atomic E-state index is 0.265. The van der Waals surface area contributed by atoms with Crippen LogP contribution in [0.15, 0.2) is 0 Å². The van der Waals surface area contributed by atoms with Crippen LogP contribution < -0.4 is 0 Å². The van der Waals surface area contributed by atoms with Gasteiger partial charge in [-0.05, 0) is 37.9 Å². The van der Waals surface area contributed by atoms with Crippen molar-refractivity contribution >= 4 is 12.6 Å². The Hall–Kier alpha value is 0.270. The van der Waals surface area contributed by atoms with Gasteiger partial charge in [-0.1, -0.05) is 19.3 Å². The van der Waals surface area contributed by atoms with Gasteiger partial charge >= 0.3 is 0 Å². The quantitative estimate of drug-likeness (QED) is 0.703. The molecule has 0 aromatic carbocycles. The summed E-state index contributed by atoms with van der Waals surface area (Å²) in [5, 5.41) is 9.11. The summed E-state index contributed by atoms with van der Waals surface area (Å²) in [5.41, 5.74) is 0.404. The molecule has 96 valence electrons. The molecule has 0 unspecified atom stereocenters. The first kappa shape index (κ1) is 14.3. The van der Waals surface area contributed by atoms with Gasteiger partial charge in [0.1, 0.15) is 0 Å². The van der Waals surface area contributed by atoms with E-state index in [1.165, 1.54) is 32.1 Å². The fourth-order valence-electron chi connectivity index (χ4n) is 2.75. The Kier molecular flexibility index (Phi) is 6.16. The lowest BCUT2D eigenvalue weighted by atomic mass is 9.75. The predicted octanol–water partition coefficient (Wildman–Crippen LogP) is 2.57. The van der Waals surface area contributed by atoms with E-state index in [9.17, 15) is 0 Å². The van der Waals surface area contributed by atoms with Crippen LogP contribution in [0.2, 0.25) is 0 Å². The lowest BCUT2D eigenvalue weighted by Crippen LogP contribution is -2.44. The Morgan fingerprint density at radius 3 is 2.31 bits per heavy atom. The SMILES string of the molecule is CC(C)N(CCO)CC1(CS)CCCCC1. The summed E-state index contributed by atoms with van der Waals surface area (Å²) in [5.74, 6) is 0.988. The van der Waals surface area contributed by atoms with Gasteiger partial charge < -0.3 is 5.11 Å². The zero-order valence-corrected chi connectivity index (χ0v) is 11.7. The summed E-state index contributed by atoms with van der Waals surface area (Å²) in [6.45, 7) is 6.60. The van der Waals surface area contributed by atoms with Crippen molar-refractivity contribution in [1.82, 2.24) is 4.90 Å². The van der Waals surface area contributed by atoms with E-state index >= 15 is 0 Å². The molecule has 0 aromatic rings. The van der Waals surface area contributed by atoms with E-state index in [1.54, 1.807) is 0 Å². The highest BCUT2D eigenvalue weighted by Gasteiger charge is 2.33. The topological polar surface area (TPSA) is 23.5 Å². The van der Waals surface area contributed by atoms with Gasteiger partial charge in [-0.2, -0.15) is 12.6 Å². The summed E-state index contributed by atoms with van der Waals surface area (Å²) in [6.07, 6.45) is 6.71. The van der Waals surface area contributed by atoms with Crippen LogP contribution in [0.4, 0.5) is 0 Å². The number of aliphatic hydroxyl groups excluding tert-OH is 1. The molecule has 0 radical (unpaired) electrons. The van der Waals surface area contributed by atoms with Crippen molar-refractivity contribution in [3.8, 4) is 0 Å². The van der Waals surface area contributed by atoms with Crippen molar-refractivity contribution in [1.29, 1.82) is 0 Å². The second-order valence-corrected chi connectivity index (χ2v) is 5.82. The maximum absolute atomic E-state index is 9.11. The molecule has 0 amide bonds. The van der Waals surface area contributed by atoms with Crippen molar-refractivity contribution in [3.05, 3.63) is 0 Å². The molecule has 1 N–H and O–H groups in total. The van der Waals surface area contributed by atoms with Gasteiger partial charge in [0, 0.05) is 19.1 Å². The largest absolute Gasteiger partial charge is 0.395 e. The van der Waals surface area contributed by atoms with E-state index < -0.39 is 0 Å². The van der Waals surface area contributed by atoms with Gasteiger partial charge in [-0.15, -0.1) is 0 Å². The van der Waals surface area contributed by atoms with Crippen LogP contribution in [0.3, 0.4) is 0 Å². The maximum atomic E-state index is 9.11. The smallest absolute Gasteiger partial charge is 0.0558 e. The van der Waals surface area contributed by atoms with Gasteiger partial charge in [0.25, 0.3) is 0 Å². The number of nitrogens with zero attached hydrogens (tertiary/aromatic N) is 1. The molecule has 16 heavy (non-hydrogen) atoms. The van der Waals surface area contributed by atoms with Crippen LogP contribution in [0.1, 0.15) is 46.0 Å². The van der Waals surface area contributed by atoms with Gasteiger partial charge in [0.05, 0.1) is 6.61 Å². The van der Waals surface area contributed by atoms with Crippen molar-refractivity contribution in [3.63, 3.8) is 0 Å². The summed E-state index contributed by atoms with van der Waals surface area (Å²) in [7, 11) is 0. The second-order valence-electron chi connectivity index (χ2n) is 5.51. The molecule has 1 fully saturated rings. The van der Waals surface area contributed by atoms with Crippen LogP contribution in [-0.4, -0.2) is 41.5 Å². The van der Waals surface area contributed by atoms with Crippen LogP contribution >= 0.6 is 12.6 Å². The third-order valence-corrected chi connectivity index (χ3v) is 4.58. The standard InChI is InChI=1S/C13H27NOS/c1-12(2)14(8-9-15)10-13(11-16)6-4-3-5-7-13/h12,15-16H,3-11H2,1-2H3. The lowest BCUT2D eigenvalue weighted by molar-refractivity contribution is 0.0863. The summed E-state index contributed by atoms with van der Waals surface area (Å²) in [4.78, 5) is 2.40. The normalized spacial score (nSPS) is 20.6. The van der Waals surface area contributed by atoms with Gasteiger partial charge in [0.2, 0.25) is 0 Å². The minimum absolute atomic E-state index is 0.265. The van der Waals surface area contributed by atoms with E-state index in [0.29, 0.717) is 11.5 Å². The predicted molar refractivity (Wildman–Crippen MR) is 73.2 cm³/mol. The zero-order valence-electron chi connectivity index (χ0n) is 10.8. The highest BCUT2D eigenvalue weighted by atomic mass is 32.1. The van der Waals surface area contributed by atoms with Crippen molar-refractivity contribution in [2.75, 3.05) is 25.4 Å². The van der Waals surface area contributed by atoms with Crippen LogP contribution in [0.25, 0.3) is 0 Å². The number of hydrogen-bond acceptors (Lipinski definition) is 3. The molecular formula is C13H27NOS. The van der Waals surface area contributed by atoms with E-state index in [2.05, 4.69) is 31.4 Å².